The molecule has 2 aromatic carbocycles. The Kier molecular flexibility index (Phi) is 3.92. The van der Waals surface area contributed by atoms with E-state index in [0.29, 0.717) is 18.4 Å². The zero-order valence-electron chi connectivity index (χ0n) is 11.2. The largest absolute Gasteiger partial charge is 0.326 e. The fraction of sp³-hybridized carbons (Fsp3) is 0.125. The fourth-order valence-corrected chi connectivity index (χ4v) is 2.80. The van der Waals surface area contributed by atoms with Crippen LogP contribution in [0.3, 0.4) is 0 Å². The van der Waals surface area contributed by atoms with Crippen LogP contribution in [0.15, 0.2) is 42.5 Å². The first-order valence-electron chi connectivity index (χ1n) is 6.62. The van der Waals surface area contributed by atoms with Crippen LogP contribution in [0.5, 0.6) is 0 Å². The van der Waals surface area contributed by atoms with E-state index in [1.165, 1.54) is 0 Å². The summed E-state index contributed by atoms with van der Waals surface area (Å²) in [6, 6.07) is 13.0. The summed E-state index contributed by atoms with van der Waals surface area (Å²) in [5, 5.41) is 5.72. The van der Waals surface area contributed by atoms with Crippen molar-refractivity contribution in [3.8, 4) is 0 Å². The highest BCUT2D eigenvalue weighted by Crippen LogP contribution is 2.24. The van der Waals surface area contributed by atoms with Gasteiger partial charge in [-0.05, 0) is 64.9 Å². The van der Waals surface area contributed by atoms with Gasteiger partial charge in [0.15, 0.2) is 0 Å². The van der Waals surface area contributed by atoms with Crippen LogP contribution in [0.1, 0.15) is 22.3 Å². The lowest BCUT2D eigenvalue weighted by Gasteiger charge is -2.17. The number of hydrogen-bond acceptors (Lipinski definition) is 2. The molecular formula is C16H13IN2O2. The maximum Gasteiger partial charge on any atom is 0.255 e. The lowest BCUT2D eigenvalue weighted by Crippen LogP contribution is -2.20. The minimum absolute atomic E-state index is 0.0264. The molecule has 4 nitrogen and oxygen atoms in total. The molecule has 106 valence electrons. The number of fused-ring (bicyclic) bond motifs is 1. The van der Waals surface area contributed by atoms with Crippen molar-refractivity contribution in [2.45, 2.75) is 12.8 Å². The van der Waals surface area contributed by atoms with Gasteiger partial charge in [-0.2, -0.15) is 0 Å². The number of amides is 2. The molecule has 0 spiro atoms. The summed E-state index contributed by atoms with van der Waals surface area (Å²) < 4.78 is 0.994. The van der Waals surface area contributed by atoms with Gasteiger partial charge in [-0.1, -0.05) is 12.1 Å². The molecule has 0 aliphatic carbocycles. The monoisotopic (exact) mass is 392 g/mol. The van der Waals surface area contributed by atoms with E-state index >= 15 is 0 Å². The Hall–Kier alpha value is -1.89. The Balaban J connectivity index is 1.83. The topological polar surface area (TPSA) is 58.2 Å². The number of anilines is 2. The summed E-state index contributed by atoms with van der Waals surface area (Å²) in [6.45, 7) is 0. The zero-order valence-corrected chi connectivity index (χ0v) is 13.3. The van der Waals surface area contributed by atoms with Gasteiger partial charge in [0.1, 0.15) is 0 Å². The molecule has 0 aromatic heterocycles. The van der Waals surface area contributed by atoms with Gasteiger partial charge in [-0.15, -0.1) is 0 Å². The summed E-state index contributed by atoms with van der Waals surface area (Å²) in [6.07, 6.45) is 1.14. The number of aryl methyl sites for hydroxylation is 1. The van der Waals surface area contributed by atoms with Gasteiger partial charge in [-0.3, -0.25) is 9.59 Å². The second-order valence-electron chi connectivity index (χ2n) is 4.85. The molecule has 3 rings (SSSR count). The number of para-hydroxylation sites is 1. The van der Waals surface area contributed by atoms with E-state index < -0.39 is 0 Å². The number of hydrogen-bond donors (Lipinski definition) is 2. The molecule has 0 bridgehead atoms. The van der Waals surface area contributed by atoms with Gasteiger partial charge >= 0.3 is 0 Å². The standard InChI is InChI=1S/C16H13IN2O2/c17-12-3-1-2-4-14(12)19-16(21)11-5-7-13-10(9-11)6-8-15(20)18-13/h1-5,7,9H,6,8H2,(H,18,20)(H,19,21). The summed E-state index contributed by atoms with van der Waals surface area (Å²) in [4.78, 5) is 23.6. The molecule has 0 fully saturated rings. The summed E-state index contributed by atoms with van der Waals surface area (Å²) in [5.74, 6) is -0.114. The van der Waals surface area contributed by atoms with E-state index in [9.17, 15) is 9.59 Å². The van der Waals surface area contributed by atoms with Gasteiger partial charge in [0.05, 0.1) is 5.69 Å². The van der Waals surface area contributed by atoms with Crippen molar-refractivity contribution < 1.29 is 9.59 Å². The Labute approximate surface area is 136 Å². The molecule has 0 saturated carbocycles. The van der Waals surface area contributed by atoms with E-state index in [1.807, 2.05) is 30.3 Å². The predicted molar refractivity (Wildman–Crippen MR) is 90.5 cm³/mol. The van der Waals surface area contributed by atoms with Gasteiger partial charge in [0.2, 0.25) is 5.91 Å². The fourth-order valence-electron chi connectivity index (χ4n) is 2.28. The van der Waals surface area contributed by atoms with Crippen molar-refractivity contribution in [3.05, 3.63) is 57.2 Å². The number of benzene rings is 2. The molecule has 1 aliphatic heterocycles. The van der Waals surface area contributed by atoms with E-state index in [-0.39, 0.29) is 11.8 Å². The Morgan fingerprint density at radius 1 is 1.14 bits per heavy atom. The first-order valence-corrected chi connectivity index (χ1v) is 7.70. The number of carbonyl (C=O) groups excluding carboxylic acids is 2. The molecule has 0 unspecified atom stereocenters. The van der Waals surface area contributed by atoms with Crippen molar-refractivity contribution in [2.24, 2.45) is 0 Å². The third kappa shape index (κ3) is 3.07. The molecular weight excluding hydrogens is 379 g/mol. The van der Waals surface area contributed by atoms with Gasteiger partial charge in [0, 0.05) is 21.2 Å². The zero-order chi connectivity index (χ0) is 14.8. The molecule has 1 heterocycles. The Morgan fingerprint density at radius 3 is 2.76 bits per heavy atom. The summed E-state index contributed by atoms with van der Waals surface area (Å²) >= 11 is 2.19. The average molecular weight is 392 g/mol. The van der Waals surface area contributed by atoms with Crippen molar-refractivity contribution in [2.75, 3.05) is 10.6 Å². The van der Waals surface area contributed by atoms with E-state index in [1.54, 1.807) is 12.1 Å². The maximum atomic E-state index is 12.3. The summed E-state index contributed by atoms with van der Waals surface area (Å²) in [5.41, 5.74) is 3.21. The van der Waals surface area contributed by atoms with E-state index in [0.717, 1.165) is 20.5 Å². The maximum absolute atomic E-state index is 12.3. The summed E-state index contributed by atoms with van der Waals surface area (Å²) in [7, 11) is 0. The van der Waals surface area contributed by atoms with Crippen molar-refractivity contribution in [1.29, 1.82) is 0 Å². The molecule has 1 aliphatic rings. The lowest BCUT2D eigenvalue weighted by atomic mass is 10.00. The molecule has 0 atom stereocenters. The second kappa shape index (κ2) is 5.85. The lowest BCUT2D eigenvalue weighted by molar-refractivity contribution is -0.116. The van der Waals surface area contributed by atoms with Crippen LogP contribution in [-0.2, 0) is 11.2 Å². The Bertz CT molecular complexity index is 728. The quantitative estimate of drug-likeness (QED) is 0.770. The molecule has 2 amide bonds. The highest BCUT2D eigenvalue weighted by atomic mass is 127. The third-order valence-electron chi connectivity index (χ3n) is 3.38. The van der Waals surface area contributed by atoms with Crippen LogP contribution in [0, 0.1) is 3.57 Å². The highest BCUT2D eigenvalue weighted by Gasteiger charge is 2.17. The van der Waals surface area contributed by atoms with Crippen LogP contribution >= 0.6 is 22.6 Å². The molecule has 2 N–H and O–H groups in total. The SMILES string of the molecule is O=C1CCc2cc(C(=O)Nc3ccccc3I)ccc2N1. The van der Waals surface area contributed by atoms with Crippen molar-refractivity contribution >= 4 is 45.8 Å². The third-order valence-corrected chi connectivity index (χ3v) is 4.33. The molecule has 5 heteroatoms. The normalized spacial score (nSPS) is 13.3. The number of rotatable bonds is 2. The van der Waals surface area contributed by atoms with E-state index in [2.05, 4.69) is 33.2 Å². The first-order chi connectivity index (χ1) is 10.1. The second-order valence-corrected chi connectivity index (χ2v) is 6.02. The average Bonchev–Trinajstić information content (AvgIpc) is 2.49. The van der Waals surface area contributed by atoms with Gasteiger partial charge in [0.25, 0.3) is 5.91 Å². The van der Waals surface area contributed by atoms with E-state index in [4.69, 9.17) is 0 Å². The van der Waals surface area contributed by atoms with Crippen LogP contribution in [0.25, 0.3) is 0 Å². The highest BCUT2D eigenvalue weighted by molar-refractivity contribution is 14.1. The van der Waals surface area contributed by atoms with Gasteiger partial charge in [-0.25, -0.2) is 0 Å². The number of carbonyl (C=O) groups is 2. The molecule has 2 aromatic rings. The first kappa shape index (κ1) is 14.1. The number of halogens is 1. The minimum atomic E-state index is -0.140. The minimum Gasteiger partial charge on any atom is -0.326 e. The molecule has 0 radical (unpaired) electrons. The Morgan fingerprint density at radius 2 is 1.95 bits per heavy atom. The molecule has 0 saturated heterocycles. The smallest absolute Gasteiger partial charge is 0.255 e. The van der Waals surface area contributed by atoms with Crippen LogP contribution < -0.4 is 10.6 Å². The number of nitrogens with one attached hydrogen (secondary N) is 2. The predicted octanol–water partition coefficient (Wildman–Crippen LogP) is 3.43. The molecule has 21 heavy (non-hydrogen) atoms. The van der Waals surface area contributed by atoms with Crippen molar-refractivity contribution in [3.63, 3.8) is 0 Å². The van der Waals surface area contributed by atoms with Gasteiger partial charge < -0.3 is 10.6 Å². The van der Waals surface area contributed by atoms with Crippen molar-refractivity contribution in [1.82, 2.24) is 0 Å². The van der Waals surface area contributed by atoms with Crippen LogP contribution in [0.4, 0.5) is 11.4 Å². The van der Waals surface area contributed by atoms with Crippen LogP contribution in [-0.4, -0.2) is 11.8 Å². The van der Waals surface area contributed by atoms with Crippen LogP contribution in [0.2, 0.25) is 0 Å².